The smallest absolute Gasteiger partial charge is 0.407 e. The Morgan fingerprint density at radius 3 is 2.65 bits per heavy atom. The molecule has 0 unspecified atom stereocenters. The highest BCUT2D eigenvalue weighted by Gasteiger charge is 2.43. The van der Waals surface area contributed by atoms with Crippen molar-refractivity contribution in [1.29, 1.82) is 0 Å². The first kappa shape index (κ1) is 21.3. The first-order chi connectivity index (χ1) is 15.0. The number of ether oxygens (including phenoxy) is 3. The number of amides is 1. The molecule has 1 aromatic carbocycles. The van der Waals surface area contributed by atoms with Crippen LogP contribution in [0.15, 0.2) is 22.7 Å². The lowest BCUT2D eigenvalue weighted by Crippen LogP contribution is -2.38. The lowest BCUT2D eigenvalue weighted by Gasteiger charge is -2.29. The molecule has 1 aliphatic carbocycles. The van der Waals surface area contributed by atoms with Crippen LogP contribution in [0.3, 0.4) is 0 Å². The summed E-state index contributed by atoms with van der Waals surface area (Å²) in [6, 6.07) is 5.42. The minimum absolute atomic E-state index is 0.230. The molecule has 31 heavy (non-hydrogen) atoms. The molecule has 4 rings (SSSR count). The van der Waals surface area contributed by atoms with Crippen molar-refractivity contribution in [3.63, 3.8) is 0 Å². The second-order valence-electron chi connectivity index (χ2n) is 8.41. The highest BCUT2D eigenvalue weighted by molar-refractivity contribution is 5.88. The van der Waals surface area contributed by atoms with E-state index in [-0.39, 0.29) is 18.5 Å². The molecule has 2 heterocycles. The van der Waals surface area contributed by atoms with E-state index in [1.54, 1.807) is 6.07 Å². The number of likely N-dealkylation sites (tertiary alicyclic amines) is 1. The Hall–Kier alpha value is -2.97. The molecule has 0 radical (unpaired) electrons. The molecule has 9 heteroatoms. The van der Waals surface area contributed by atoms with E-state index in [1.165, 1.54) is 12.0 Å². The summed E-state index contributed by atoms with van der Waals surface area (Å²) in [6.07, 6.45) is 4.06. The van der Waals surface area contributed by atoms with Gasteiger partial charge in [-0.15, -0.1) is 0 Å². The highest BCUT2D eigenvalue weighted by Crippen LogP contribution is 2.41. The summed E-state index contributed by atoms with van der Waals surface area (Å²) in [6.45, 7) is 1.67. The molecule has 0 spiro atoms. The summed E-state index contributed by atoms with van der Waals surface area (Å²) in [5.41, 5.74) is -0.0699. The van der Waals surface area contributed by atoms with Crippen LogP contribution in [0.5, 0.6) is 11.6 Å². The molecule has 0 atom stereocenters. The lowest BCUT2D eigenvalue weighted by atomic mass is 9.87. The fourth-order valence-electron chi connectivity index (χ4n) is 4.53. The molecule has 0 bridgehead atoms. The molecule has 1 saturated heterocycles. The van der Waals surface area contributed by atoms with Crippen molar-refractivity contribution in [3.05, 3.63) is 18.2 Å². The van der Waals surface area contributed by atoms with E-state index in [4.69, 9.17) is 23.8 Å². The third-order valence-corrected chi connectivity index (χ3v) is 6.45. The number of aromatic nitrogens is 1. The fraction of sp³-hybridized carbons (Fsp3) is 0.591. The number of hydrogen-bond donors (Lipinski definition) is 1. The summed E-state index contributed by atoms with van der Waals surface area (Å²) >= 11 is 0. The van der Waals surface area contributed by atoms with Crippen molar-refractivity contribution >= 4 is 23.0 Å². The summed E-state index contributed by atoms with van der Waals surface area (Å²) in [4.78, 5) is 24.9. The number of carboxylic acid groups (broad SMARTS) is 1. The number of carbonyl (C=O) groups excluding carboxylic acids is 1. The van der Waals surface area contributed by atoms with Gasteiger partial charge in [-0.05, 0) is 48.9 Å². The van der Waals surface area contributed by atoms with Gasteiger partial charge in [0.15, 0.2) is 5.58 Å². The maximum atomic E-state index is 12.4. The number of esters is 1. The zero-order valence-electron chi connectivity index (χ0n) is 17.7. The van der Waals surface area contributed by atoms with E-state index < -0.39 is 11.5 Å². The minimum atomic E-state index is -0.879. The van der Waals surface area contributed by atoms with Crippen LogP contribution in [0.2, 0.25) is 0 Å². The molecule has 1 saturated carbocycles. The van der Waals surface area contributed by atoms with Crippen molar-refractivity contribution in [2.75, 3.05) is 33.4 Å². The third kappa shape index (κ3) is 4.40. The van der Waals surface area contributed by atoms with Crippen LogP contribution >= 0.6 is 0 Å². The van der Waals surface area contributed by atoms with Gasteiger partial charge in [-0.1, -0.05) is 18.9 Å². The second-order valence-corrected chi connectivity index (χ2v) is 8.41. The summed E-state index contributed by atoms with van der Waals surface area (Å²) in [5, 5.41) is 13.8. The van der Waals surface area contributed by atoms with Crippen LogP contribution < -0.4 is 9.47 Å². The molecule has 168 valence electrons. The van der Waals surface area contributed by atoms with Crippen molar-refractivity contribution in [2.45, 2.75) is 38.5 Å². The van der Waals surface area contributed by atoms with Crippen LogP contribution in [0.1, 0.15) is 38.5 Å². The Kier molecular flexibility index (Phi) is 6.20. The number of piperidine rings is 1. The minimum Gasteiger partial charge on any atom is -0.491 e. The van der Waals surface area contributed by atoms with Gasteiger partial charge in [0.2, 0.25) is 0 Å². The zero-order chi connectivity index (χ0) is 21.8. The molecule has 1 amide bonds. The van der Waals surface area contributed by atoms with Gasteiger partial charge in [0.05, 0.1) is 13.7 Å². The number of benzene rings is 1. The number of carbonyl (C=O) groups is 2. The molecule has 9 nitrogen and oxygen atoms in total. The van der Waals surface area contributed by atoms with Crippen LogP contribution in [-0.4, -0.2) is 60.6 Å². The predicted octanol–water partition coefficient (Wildman–Crippen LogP) is 3.71. The maximum absolute atomic E-state index is 12.4. The SMILES string of the molecule is COC(=O)C1(COc2cccc3onc(OCC4CCN(C(=O)O)CC4)c23)CCCC1. The van der Waals surface area contributed by atoms with Gasteiger partial charge in [-0.2, -0.15) is 0 Å². The highest BCUT2D eigenvalue weighted by atomic mass is 16.5. The average molecular weight is 432 g/mol. The predicted molar refractivity (Wildman–Crippen MR) is 110 cm³/mol. The molecule has 2 aromatic rings. The molecule has 1 aromatic heterocycles. The van der Waals surface area contributed by atoms with Gasteiger partial charge < -0.3 is 28.7 Å². The summed E-state index contributed by atoms with van der Waals surface area (Å²) < 4.78 is 22.5. The zero-order valence-corrected chi connectivity index (χ0v) is 17.7. The standard InChI is InChI=1S/C22H28N2O7/c1-28-20(25)22(9-2-3-10-22)14-30-16-5-4-6-17-18(16)19(23-31-17)29-13-15-7-11-24(12-8-15)21(26)27/h4-6,15H,2-3,7-14H2,1H3,(H,26,27). The van der Waals surface area contributed by atoms with Crippen molar-refractivity contribution in [1.82, 2.24) is 10.1 Å². The first-order valence-electron chi connectivity index (χ1n) is 10.7. The summed E-state index contributed by atoms with van der Waals surface area (Å²) in [7, 11) is 1.41. The van der Waals surface area contributed by atoms with Gasteiger partial charge in [-0.3, -0.25) is 4.79 Å². The quantitative estimate of drug-likeness (QED) is 0.659. The van der Waals surface area contributed by atoms with E-state index in [1.807, 2.05) is 12.1 Å². The monoisotopic (exact) mass is 432 g/mol. The van der Waals surface area contributed by atoms with E-state index >= 15 is 0 Å². The number of methoxy groups -OCH3 is 1. The molecular weight excluding hydrogens is 404 g/mol. The first-order valence-corrected chi connectivity index (χ1v) is 10.7. The fourth-order valence-corrected chi connectivity index (χ4v) is 4.53. The number of fused-ring (bicyclic) bond motifs is 1. The number of rotatable bonds is 7. The topological polar surface area (TPSA) is 111 Å². The Morgan fingerprint density at radius 2 is 1.97 bits per heavy atom. The van der Waals surface area contributed by atoms with Crippen LogP contribution in [-0.2, 0) is 9.53 Å². The lowest BCUT2D eigenvalue weighted by molar-refractivity contribution is -0.154. The van der Waals surface area contributed by atoms with E-state index in [0.29, 0.717) is 42.3 Å². The Bertz CT molecular complexity index is 927. The molecular formula is C22H28N2O7. The molecule has 1 N–H and O–H groups in total. The number of hydrogen-bond acceptors (Lipinski definition) is 7. The Morgan fingerprint density at radius 1 is 1.23 bits per heavy atom. The Balaban J connectivity index is 1.44. The average Bonchev–Trinajstić information content (AvgIpc) is 3.44. The number of nitrogens with zero attached hydrogens (tertiary/aromatic N) is 2. The van der Waals surface area contributed by atoms with Gasteiger partial charge in [0, 0.05) is 13.1 Å². The van der Waals surface area contributed by atoms with Crippen LogP contribution in [0, 0.1) is 11.3 Å². The summed E-state index contributed by atoms with van der Waals surface area (Å²) in [5.74, 6) is 0.928. The van der Waals surface area contributed by atoms with Gasteiger partial charge in [-0.25, -0.2) is 4.79 Å². The van der Waals surface area contributed by atoms with Gasteiger partial charge >= 0.3 is 12.1 Å². The second kappa shape index (κ2) is 9.03. The van der Waals surface area contributed by atoms with E-state index in [9.17, 15) is 9.59 Å². The molecule has 1 aliphatic heterocycles. The van der Waals surface area contributed by atoms with Crippen LogP contribution in [0.4, 0.5) is 4.79 Å². The largest absolute Gasteiger partial charge is 0.491 e. The normalized spacial score (nSPS) is 18.8. The Labute approximate surface area is 180 Å². The van der Waals surface area contributed by atoms with Crippen molar-refractivity contribution < 1.29 is 33.4 Å². The maximum Gasteiger partial charge on any atom is 0.407 e. The van der Waals surface area contributed by atoms with Gasteiger partial charge in [0.1, 0.15) is 23.2 Å². The van der Waals surface area contributed by atoms with Crippen molar-refractivity contribution in [3.8, 4) is 11.6 Å². The van der Waals surface area contributed by atoms with Gasteiger partial charge in [0.25, 0.3) is 5.88 Å². The van der Waals surface area contributed by atoms with Crippen LogP contribution in [0.25, 0.3) is 11.0 Å². The molecule has 2 aliphatic rings. The van der Waals surface area contributed by atoms with E-state index in [0.717, 1.165) is 38.5 Å². The third-order valence-electron chi connectivity index (χ3n) is 6.45. The molecule has 2 fully saturated rings. The van der Waals surface area contributed by atoms with Crippen molar-refractivity contribution in [2.24, 2.45) is 11.3 Å². The van der Waals surface area contributed by atoms with E-state index in [2.05, 4.69) is 5.16 Å².